The molecule has 1 amide bonds. The Morgan fingerprint density at radius 1 is 1.33 bits per heavy atom. The van der Waals surface area contributed by atoms with E-state index in [-0.39, 0.29) is 5.91 Å². The second-order valence-corrected chi connectivity index (χ2v) is 5.27. The van der Waals surface area contributed by atoms with E-state index < -0.39 is 12.0 Å². The Bertz CT molecular complexity index is 773. The number of carboxylic acids is 1. The smallest absolute Gasteiger partial charge is 0.330 e. The Hall–Kier alpha value is -2.56. The van der Waals surface area contributed by atoms with Crippen LogP contribution in [0, 0.1) is 6.92 Å². The number of aromatic nitrogens is 1. The molecule has 0 unspecified atom stereocenters. The van der Waals surface area contributed by atoms with Crippen LogP contribution < -0.4 is 0 Å². The number of aliphatic carboxylic acids is 1. The molecule has 0 saturated heterocycles. The Balaban J connectivity index is 2.05. The van der Waals surface area contributed by atoms with Gasteiger partial charge in [0.1, 0.15) is 11.7 Å². The lowest BCUT2D eigenvalue weighted by molar-refractivity contribution is -0.140. The molecule has 5 heteroatoms. The zero-order valence-corrected chi connectivity index (χ0v) is 11.9. The summed E-state index contributed by atoms with van der Waals surface area (Å²) < 4.78 is 1.82. The second kappa shape index (κ2) is 4.77. The van der Waals surface area contributed by atoms with Crippen molar-refractivity contribution in [2.24, 2.45) is 7.05 Å². The van der Waals surface area contributed by atoms with Crippen molar-refractivity contribution in [1.82, 2.24) is 9.47 Å². The molecule has 0 spiro atoms. The van der Waals surface area contributed by atoms with Gasteiger partial charge in [-0.25, -0.2) is 4.79 Å². The molecule has 2 heterocycles. The molecular weight excluding hydrogens is 268 g/mol. The van der Waals surface area contributed by atoms with E-state index in [0.29, 0.717) is 12.2 Å². The van der Waals surface area contributed by atoms with Gasteiger partial charge in [0.2, 0.25) is 0 Å². The molecule has 0 radical (unpaired) electrons. The normalized spacial score (nSPS) is 17.6. The van der Waals surface area contributed by atoms with E-state index in [9.17, 15) is 14.7 Å². The summed E-state index contributed by atoms with van der Waals surface area (Å²) >= 11 is 0. The van der Waals surface area contributed by atoms with Gasteiger partial charge in [0.05, 0.1) is 0 Å². The van der Waals surface area contributed by atoms with Crippen molar-refractivity contribution in [3.63, 3.8) is 0 Å². The number of amides is 1. The first-order valence-corrected chi connectivity index (χ1v) is 6.76. The van der Waals surface area contributed by atoms with Gasteiger partial charge in [0.15, 0.2) is 0 Å². The van der Waals surface area contributed by atoms with E-state index in [0.717, 1.165) is 16.5 Å². The molecule has 1 atom stereocenters. The van der Waals surface area contributed by atoms with Gasteiger partial charge in [-0.2, -0.15) is 0 Å². The largest absolute Gasteiger partial charge is 0.479 e. The number of benzene rings is 1. The summed E-state index contributed by atoms with van der Waals surface area (Å²) in [6.07, 6.45) is 3.26. The first-order chi connectivity index (χ1) is 10.0. The third kappa shape index (κ3) is 2.01. The van der Waals surface area contributed by atoms with Crippen molar-refractivity contribution in [1.29, 1.82) is 0 Å². The van der Waals surface area contributed by atoms with E-state index >= 15 is 0 Å². The number of nitrogens with zero attached hydrogens (tertiary/aromatic N) is 2. The van der Waals surface area contributed by atoms with Gasteiger partial charge in [-0.15, -0.1) is 0 Å². The minimum Gasteiger partial charge on any atom is -0.479 e. The number of carbonyl (C=O) groups is 2. The Labute approximate surface area is 122 Å². The molecule has 1 N–H and O–H groups in total. The molecule has 1 aromatic heterocycles. The van der Waals surface area contributed by atoms with Crippen LogP contribution in [0.2, 0.25) is 0 Å². The van der Waals surface area contributed by atoms with Crippen molar-refractivity contribution < 1.29 is 14.7 Å². The van der Waals surface area contributed by atoms with E-state index in [1.807, 2.05) is 42.8 Å². The lowest BCUT2D eigenvalue weighted by atomic mass is 10.1. The maximum atomic E-state index is 12.7. The molecular formula is C16H16N2O3. The lowest BCUT2D eigenvalue weighted by Crippen LogP contribution is -2.41. The van der Waals surface area contributed by atoms with Gasteiger partial charge >= 0.3 is 5.97 Å². The van der Waals surface area contributed by atoms with Crippen molar-refractivity contribution in [3.8, 4) is 0 Å². The monoisotopic (exact) mass is 284 g/mol. The van der Waals surface area contributed by atoms with Crippen LogP contribution in [-0.2, 0) is 11.8 Å². The molecule has 0 fully saturated rings. The molecule has 0 aliphatic carbocycles. The maximum Gasteiger partial charge on any atom is 0.330 e. The molecule has 0 bridgehead atoms. The Kier molecular flexibility index (Phi) is 3.05. The summed E-state index contributed by atoms with van der Waals surface area (Å²) in [5.41, 5.74) is 2.57. The zero-order valence-electron chi connectivity index (χ0n) is 11.9. The third-order valence-corrected chi connectivity index (χ3v) is 3.99. The van der Waals surface area contributed by atoms with Gasteiger partial charge in [0, 0.05) is 24.5 Å². The molecule has 1 aliphatic heterocycles. The first kappa shape index (κ1) is 13.4. The van der Waals surface area contributed by atoms with Crippen LogP contribution in [0.4, 0.5) is 0 Å². The highest BCUT2D eigenvalue weighted by atomic mass is 16.4. The minimum absolute atomic E-state index is 0.259. The fraction of sp³-hybridized carbons (Fsp3) is 0.250. The molecule has 5 nitrogen and oxygen atoms in total. The van der Waals surface area contributed by atoms with E-state index in [4.69, 9.17) is 0 Å². The molecule has 1 aromatic carbocycles. The van der Waals surface area contributed by atoms with Crippen LogP contribution in [0.3, 0.4) is 0 Å². The first-order valence-electron chi connectivity index (χ1n) is 6.76. The molecule has 108 valence electrons. The van der Waals surface area contributed by atoms with Gasteiger partial charge in [-0.1, -0.05) is 24.3 Å². The van der Waals surface area contributed by atoms with Crippen LogP contribution in [0.1, 0.15) is 16.1 Å². The van der Waals surface area contributed by atoms with Crippen molar-refractivity contribution in [2.75, 3.05) is 6.54 Å². The predicted molar refractivity (Wildman–Crippen MR) is 79.3 cm³/mol. The topological polar surface area (TPSA) is 62.5 Å². The number of carboxylic acid groups (broad SMARTS) is 1. The summed E-state index contributed by atoms with van der Waals surface area (Å²) in [4.78, 5) is 25.2. The Morgan fingerprint density at radius 2 is 2.10 bits per heavy atom. The lowest BCUT2D eigenvalue weighted by Gasteiger charge is -2.21. The van der Waals surface area contributed by atoms with Gasteiger partial charge < -0.3 is 14.6 Å². The van der Waals surface area contributed by atoms with Gasteiger partial charge in [-0.3, -0.25) is 4.79 Å². The highest BCUT2D eigenvalue weighted by molar-refractivity contribution is 6.01. The molecule has 3 rings (SSSR count). The highest BCUT2D eigenvalue weighted by Crippen LogP contribution is 2.24. The fourth-order valence-electron chi connectivity index (χ4n) is 2.81. The van der Waals surface area contributed by atoms with Crippen LogP contribution in [-0.4, -0.2) is 39.0 Å². The predicted octanol–water partition coefficient (Wildman–Crippen LogP) is 1.95. The summed E-state index contributed by atoms with van der Waals surface area (Å²) in [6.45, 7) is 2.32. The molecule has 0 saturated carbocycles. The van der Waals surface area contributed by atoms with Gasteiger partial charge in [-0.05, 0) is 24.6 Å². The van der Waals surface area contributed by atoms with Gasteiger partial charge in [0.25, 0.3) is 5.91 Å². The van der Waals surface area contributed by atoms with Crippen molar-refractivity contribution >= 4 is 22.8 Å². The summed E-state index contributed by atoms with van der Waals surface area (Å²) in [5.74, 6) is -1.27. The highest BCUT2D eigenvalue weighted by Gasteiger charge is 2.32. The number of hydrogen-bond donors (Lipinski definition) is 1. The quantitative estimate of drug-likeness (QED) is 0.857. The average Bonchev–Trinajstić information content (AvgIpc) is 3.05. The zero-order chi connectivity index (χ0) is 15.1. The third-order valence-electron chi connectivity index (χ3n) is 3.99. The number of fused-ring (bicyclic) bond motifs is 1. The fourth-order valence-corrected chi connectivity index (χ4v) is 2.81. The summed E-state index contributed by atoms with van der Waals surface area (Å²) in [6, 6.07) is 6.86. The molecule has 2 aromatic rings. The molecule has 1 aliphatic rings. The van der Waals surface area contributed by atoms with Crippen LogP contribution in [0.15, 0.2) is 36.4 Å². The van der Waals surface area contributed by atoms with E-state index in [1.165, 1.54) is 4.90 Å². The standard InChI is InChI=1S/C16H16N2O3/c1-10-5-3-6-12-11(10)9-14(17(12)2)15(19)18-8-4-7-13(18)16(20)21/h3-7,9,13H,8H2,1-2H3,(H,20,21)/t13-/m0/s1. The Morgan fingerprint density at radius 3 is 2.76 bits per heavy atom. The van der Waals surface area contributed by atoms with E-state index in [2.05, 4.69) is 0 Å². The summed E-state index contributed by atoms with van der Waals surface area (Å²) in [5, 5.41) is 10.2. The SMILES string of the molecule is Cc1cccc2c1cc(C(=O)N1CC=C[C@H]1C(=O)O)n2C. The van der Waals surface area contributed by atoms with Crippen LogP contribution in [0.5, 0.6) is 0 Å². The minimum atomic E-state index is -1.01. The number of rotatable bonds is 2. The van der Waals surface area contributed by atoms with Crippen molar-refractivity contribution in [2.45, 2.75) is 13.0 Å². The van der Waals surface area contributed by atoms with Crippen LogP contribution in [0.25, 0.3) is 10.9 Å². The van der Waals surface area contributed by atoms with Crippen LogP contribution >= 0.6 is 0 Å². The summed E-state index contributed by atoms with van der Waals surface area (Å²) in [7, 11) is 1.83. The number of carbonyl (C=O) groups excluding carboxylic acids is 1. The van der Waals surface area contributed by atoms with E-state index in [1.54, 1.807) is 12.2 Å². The maximum absolute atomic E-state index is 12.7. The average molecular weight is 284 g/mol. The van der Waals surface area contributed by atoms with Crippen molar-refractivity contribution in [3.05, 3.63) is 47.7 Å². The number of hydrogen-bond acceptors (Lipinski definition) is 2. The molecule has 21 heavy (non-hydrogen) atoms. The number of aryl methyl sites for hydroxylation is 2. The second-order valence-electron chi connectivity index (χ2n) is 5.27.